The normalized spacial score (nSPS) is 12.5. The maximum Gasteiger partial charge on any atom is 0.310 e. The van der Waals surface area contributed by atoms with Crippen LogP contribution in [-0.4, -0.2) is 23.8 Å². The van der Waals surface area contributed by atoms with E-state index in [1.807, 2.05) is 57.2 Å². The zero-order valence-corrected chi connectivity index (χ0v) is 15.3. The fourth-order valence-corrected chi connectivity index (χ4v) is 2.59. The van der Waals surface area contributed by atoms with Gasteiger partial charge in [-0.15, -0.1) is 0 Å². The summed E-state index contributed by atoms with van der Waals surface area (Å²) < 4.78 is 10.8. The first-order valence-electron chi connectivity index (χ1n) is 8.40. The van der Waals surface area contributed by atoms with Crippen LogP contribution in [0.15, 0.2) is 48.5 Å². The molecule has 1 atom stereocenters. The lowest BCUT2D eigenvalue weighted by Gasteiger charge is -2.24. The van der Waals surface area contributed by atoms with Gasteiger partial charge in [0.15, 0.2) is 0 Å². The Morgan fingerprint density at radius 2 is 1.44 bits per heavy atom. The third-order valence-electron chi connectivity index (χ3n) is 3.80. The van der Waals surface area contributed by atoms with Crippen LogP contribution in [0.1, 0.15) is 31.9 Å². The number of esters is 1. The molecular weight excluding hydrogens is 316 g/mol. The molecule has 0 aliphatic carbocycles. The van der Waals surface area contributed by atoms with Crippen molar-refractivity contribution in [3.05, 3.63) is 59.7 Å². The average Bonchev–Trinajstić information content (AvgIpc) is 2.55. The monoisotopic (exact) mass is 342 g/mol. The van der Waals surface area contributed by atoms with Gasteiger partial charge in [-0.2, -0.15) is 0 Å². The molecule has 2 rings (SSSR count). The number of ether oxygens (including phenoxy) is 2. The number of rotatable bonds is 6. The Morgan fingerprint density at radius 3 is 1.88 bits per heavy atom. The third-order valence-corrected chi connectivity index (χ3v) is 3.80. The number of methoxy groups -OCH3 is 1. The molecule has 0 bridgehead atoms. The van der Waals surface area contributed by atoms with Crippen LogP contribution in [0.5, 0.6) is 11.5 Å². The summed E-state index contributed by atoms with van der Waals surface area (Å²) in [6.07, 6.45) is 1.14. The van der Waals surface area contributed by atoms with E-state index in [-0.39, 0.29) is 17.6 Å². The van der Waals surface area contributed by atoms with E-state index in [1.54, 1.807) is 19.2 Å². The first kappa shape index (κ1) is 18.8. The quantitative estimate of drug-likeness (QED) is 0.802. The number of benzene rings is 2. The molecule has 0 amide bonds. The van der Waals surface area contributed by atoms with E-state index in [2.05, 4.69) is 0 Å². The second-order valence-corrected chi connectivity index (χ2v) is 7.15. The Bertz CT molecular complexity index is 681. The van der Waals surface area contributed by atoms with E-state index in [0.29, 0.717) is 12.8 Å². The lowest BCUT2D eigenvalue weighted by atomic mass is 9.92. The number of aromatic hydroxyl groups is 1. The SMILES string of the molecule is COc1ccc(CC(Cc2ccc(O)cc2)C(=O)OC(C)(C)C)cc1. The van der Waals surface area contributed by atoms with Crippen molar-refractivity contribution in [1.29, 1.82) is 0 Å². The number of phenolic OH excluding ortho intramolecular Hbond substituents is 1. The number of hydrogen-bond acceptors (Lipinski definition) is 4. The Morgan fingerprint density at radius 1 is 0.960 bits per heavy atom. The van der Waals surface area contributed by atoms with Crippen molar-refractivity contribution < 1.29 is 19.4 Å². The molecule has 134 valence electrons. The van der Waals surface area contributed by atoms with Gasteiger partial charge in [-0.05, 0) is 69.0 Å². The fourth-order valence-electron chi connectivity index (χ4n) is 2.59. The summed E-state index contributed by atoms with van der Waals surface area (Å²) in [6.45, 7) is 5.61. The minimum Gasteiger partial charge on any atom is -0.508 e. The summed E-state index contributed by atoms with van der Waals surface area (Å²) >= 11 is 0. The smallest absolute Gasteiger partial charge is 0.310 e. The summed E-state index contributed by atoms with van der Waals surface area (Å²) in [6, 6.07) is 14.6. The maximum absolute atomic E-state index is 12.7. The van der Waals surface area contributed by atoms with Gasteiger partial charge in [0.1, 0.15) is 17.1 Å². The molecule has 0 saturated carbocycles. The van der Waals surface area contributed by atoms with Crippen LogP contribution >= 0.6 is 0 Å². The molecule has 2 aromatic rings. The van der Waals surface area contributed by atoms with Crippen molar-refractivity contribution in [1.82, 2.24) is 0 Å². The average molecular weight is 342 g/mol. The van der Waals surface area contributed by atoms with Gasteiger partial charge in [-0.1, -0.05) is 24.3 Å². The largest absolute Gasteiger partial charge is 0.508 e. The standard InChI is InChI=1S/C21H26O4/c1-21(2,3)25-20(23)17(13-15-5-9-18(22)10-6-15)14-16-7-11-19(24-4)12-8-16/h5-12,17,22H,13-14H2,1-4H3. The summed E-state index contributed by atoms with van der Waals surface area (Å²) in [5.74, 6) is 0.498. The number of carbonyl (C=O) groups is 1. The van der Waals surface area contributed by atoms with Gasteiger partial charge in [0, 0.05) is 0 Å². The highest BCUT2D eigenvalue weighted by atomic mass is 16.6. The van der Waals surface area contributed by atoms with Gasteiger partial charge >= 0.3 is 5.97 Å². The van der Waals surface area contributed by atoms with Crippen molar-refractivity contribution in [2.45, 2.75) is 39.2 Å². The fraction of sp³-hybridized carbons (Fsp3) is 0.381. The van der Waals surface area contributed by atoms with Gasteiger partial charge in [0.2, 0.25) is 0 Å². The highest BCUT2D eigenvalue weighted by molar-refractivity contribution is 5.73. The third kappa shape index (κ3) is 6.14. The van der Waals surface area contributed by atoms with Gasteiger partial charge in [-0.3, -0.25) is 4.79 Å². The predicted octanol–water partition coefficient (Wildman–Crippen LogP) is 4.14. The van der Waals surface area contributed by atoms with E-state index in [0.717, 1.165) is 16.9 Å². The summed E-state index contributed by atoms with van der Waals surface area (Å²) in [5, 5.41) is 9.43. The molecular formula is C21H26O4. The summed E-state index contributed by atoms with van der Waals surface area (Å²) in [7, 11) is 1.63. The van der Waals surface area contributed by atoms with Crippen LogP contribution in [0.25, 0.3) is 0 Å². The van der Waals surface area contributed by atoms with E-state index >= 15 is 0 Å². The Balaban J connectivity index is 2.17. The van der Waals surface area contributed by atoms with Crippen LogP contribution in [0.4, 0.5) is 0 Å². The van der Waals surface area contributed by atoms with Gasteiger partial charge in [0.25, 0.3) is 0 Å². The minimum atomic E-state index is -0.524. The summed E-state index contributed by atoms with van der Waals surface area (Å²) in [4.78, 5) is 12.7. The molecule has 0 aliphatic heterocycles. The van der Waals surface area contributed by atoms with E-state index in [9.17, 15) is 9.90 Å². The highest BCUT2D eigenvalue weighted by Gasteiger charge is 2.25. The van der Waals surface area contributed by atoms with Crippen LogP contribution in [0.2, 0.25) is 0 Å². The predicted molar refractivity (Wildman–Crippen MR) is 97.8 cm³/mol. The van der Waals surface area contributed by atoms with Crippen molar-refractivity contribution in [2.75, 3.05) is 7.11 Å². The molecule has 0 fully saturated rings. The Labute approximate surface area is 149 Å². The molecule has 0 aromatic heterocycles. The molecule has 1 unspecified atom stereocenters. The molecule has 0 saturated heterocycles. The molecule has 1 N–H and O–H groups in total. The molecule has 0 spiro atoms. The molecule has 0 heterocycles. The topological polar surface area (TPSA) is 55.8 Å². The van der Waals surface area contributed by atoms with Crippen molar-refractivity contribution in [2.24, 2.45) is 5.92 Å². The van der Waals surface area contributed by atoms with Crippen molar-refractivity contribution >= 4 is 5.97 Å². The maximum atomic E-state index is 12.7. The molecule has 0 aliphatic rings. The number of phenols is 1. The van der Waals surface area contributed by atoms with Crippen LogP contribution in [0.3, 0.4) is 0 Å². The second kappa shape index (κ2) is 8.06. The van der Waals surface area contributed by atoms with E-state index in [4.69, 9.17) is 9.47 Å². The minimum absolute atomic E-state index is 0.212. The number of carbonyl (C=O) groups excluding carboxylic acids is 1. The molecule has 4 heteroatoms. The van der Waals surface area contributed by atoms with E-state index in [1.165, 1.54) is 0 Å². The zero-order chi connectivity index (χ0) is 18.4. The van der Waals surface area contributed by atoms with Crippen LogP contribution in [0, 0.1) is 5.92 Å². The molecule has 2 aromatic carbocycles. The molecule has 0 radical (unpaired) electrons. The highest BCUT2D eigenvalue weighted by Crippen LogP contribution is 2.22. The lowest BCUT2D eigenvalue weighted by Crippen LogP contribution is -2.30. The lowest BCUT2D eigenvalue weighted by molar-refractivity contribution is -0.159. The molecule has 25 heavy (non-hydrogen) atoms. The van der Waals surface area contributed by atoms with Crippen LogP contribution < -0.4 is 4.74 Å². The first-order chi connectivity index (χ1) is 11.8. The number of hydrogen-bond donors (Lipinski definition) is 1. The zero-order valence-electron chi connectivity index (χ0n) is 15.3. The van der Waals surface area contributed by atoms with Crippen molar-refractivity contribution in [3.63, 3.8) is 0 Å². The van der Waals surface area contributed by atoms with Gasteiger partial charge < -0.3 is 14.6 Å². The Kier molecular flexibility index (Phi) is 6.07. The van der Waals surface area contributed by atoms with Crippen LogP contribution in [-0.2, 0) is 22.4 Å². The van der Waals surface area contributed by atoms with Crippen molar-refractivity contribution in [3.8, 4) is 11.5 Å². The second-order valence-electron chi connectivity index (χ2n) is 7.15. The first-order valence-corrected chi connectivity index (χ1v) is 8.40. The van der Waals surface area contributed by atoms with Gasteiger partial charge in [-0.25, -0.2) is 0 Å². The Hall–Kier alpha value is -2.49. The van der Waals surface area contributed by atoms with Gasteiger partial charge in [0.05, 0.1) is 13.0 Å². The van der Waals surface area contributed by atoms with E-state index < -0.39 is 5.60 Å². The molecule has 4 nitrogen and oxygen atoms in total. The summed E-state index contributed by atoms with van der Waals surface area (Å²) in [5.41, 5.74) is 1.52.